The zero-order valence-corrected chi connectivity index (χ0v) is 18.4. The highest BCUT2D eigenvalue weighted by atomic mass is 19.2. The first-order valence-corrected chi connectivity index (χ1v) is 10.5. The molecule has 0 radical (unpaired) electrons. The van der Waals surface area contributed by atoms with E-state index in [2.05, 4.69) is 15.0 Å². The average molecular weight is 480 g/mol. The van der Waals surface area contributed by atoms with Crippen molar-refractivity contribution in [2.45, 2.75) is 13.3 Å². The molecule has 0 aliphatic rings. The molecule has 0 atom stereocenters. The summed E-state index contributed by atoms with van der Waals surface area (Å²) in [6.45, 7) is 1.80. The number of pyridine rings is 2. The number of imidazole rings is 1. The first kappa shape index (κ1) is 22.5. The number of esters is 1. The van der Waals surface area contributed by atoms with Crippen molar-refractivity contribution in [3.63, 3.8) is 0 Å². The van der Waals surface area contributed by atoms with Crippen molar-refractivity contribution >= 4 is 27.9 Å². The van der Waals surface area contributed by atoms with Crippen LogP contribution in [-0.4, -0.2) is 32.6 Å². The van der Waals surface area contributed by atoms with E-state index in [-0.39, 0.29) is 44.3 Å². The Hall–Kier alpha value is -4.34. The Kier molecular flexibility index (Phi) is 5.43. The van der Waals surface area contributed by atoms with Gasteiger partial charge in [0.2, 0.25) is 5.95 Å². The fraction of sp³-hybridized carbons (Fsp3) is 0.120. The molecule has 35 heavy (non-hydrogen) atoms. The highest BCUT2D eigenvalue weighted by Crippen LogP contribution is 2.35. The fourth-order valence-corrected chi connectivity index (χ4v) is 4.16. The number of carbonyl (C=O) groups is 1. The maximum absolute atomic E-state index is 14.9. The smallest absolute Gasteiger partial charge is 0.340 e. The minimum absolute atomic E-state index is 0.00455. The fourth-order valence-electron chi connectivity index (χ4n) is 4.16. The second-order valence-corrected chi connectivity index (χ2v) is 7.65. The Morgan fingerprint density at radius 3 is 2.46 bits per heavy atom. The van der Waals surface area contributed by atoms with Gasteiger partial charge >= 0.3 is 5.97 Å². The van der Waals surface area contributed by atoms with Gasteiger partial charge in [0.25, 0.3) is 0 Å². The highest BCUT2D eigenvalue weighted by Gasteiger charge is 2.24. The summed E-state index contributed by atoms with van der Waals surface area (Å²) in [6.07, 6.45) is 2.77. The van der Waals surface area contributed by atoms with Crippen molar-refractivity contribution in [1.29, 1.82) is 0 Å². The van der Waals surface area contributed by atoms with Gasteiger partial charge in [-0.1, -0.05) is 6.92 Å². The quantitative estimate of drug-likeness (QED) is 0.192. The van der Waals surface area contributed by atoms with Crippen LogP contribution in [0.1, 0.15) is 23.1 Å². The molecule has 0 fully saturated rings. The molecule has 0 aliphatic carbocycles. The maximum Gasteiger partial charge on any atom is 0.340 e. The number of benzene rings is 2. The van der Waals surface area contributed by atoms with Crippen LogP contribution in [0, 0.1) is 23.4 Å². The zero-order chi connectivity index (χ0) is 24.9. The summed E-state index contributed by atoms with van der Waals surface area (Å²) in [6, 6.07) is 7.56. The van der Waals surface area contributed by atoms with Crippen LogP contribution in [0.4, 0.5) is 17.6 Å². The summed E-state index contributed by atoms with van der Waals surface area (Å²) < 4.78 is 64.4. The standard InChI is InChI=1S/C25H16F4N4O2/c1-3-19-32-22-14(25(34)35-2)10-12(13-6-8-31-24(29)21(13)28)11-18(22)33(19)17-7-9-30-23-16(27)5-4-15(26)20(17)23/h4-11H,3H2,1-2H3. The number of ether oxygens (including phenoxy) is 1. The van der Waals surface area contributed by atoms with E-state index < -0.39 is 29.4 Å². The van der Waals surface area contributed by atoms with Crippen molar-refractivity contribution in [3.05, 3.63) is 83.6 Å². The zero-order valence-electron chi connectivity index (χ0n) is 18.4. The van der Waals surface area contributed by atoms with Gasteiger partial charge in [-0.2, -0.15) is 4.39 Å². The SMILES string of the molecule is CCc1nc2c(C(=O)OC)cc(-c3ccnc(F)c3F)cc2n1-c1ccnc2c(F)ccc(F)c12. The lowest BCUT2D eigenvalue weighted by Gasteiger charge is -2.13. The van der Waals surface area contributed by atoms with E-state index in [0.717, 1.165) is 18.3 Å². The van der Waals surface area contributed by atoms with Gasteiger partial charge < -0.3 is 4.74 Å². The molecule has 5 rings (SSSR count). The van der Waals surface area contributed by atoms with Gasteiger partial charge in [-0.25, -0.2) is 27.9 Å². The van der Waals surface area contributed by atoms with Crippen molar-refractivity contribution in [3.8, 4) is 16.8 Å². The number of hydrogen-bond acceptors (Lipinski definition) is 5. The Morgan fingerprint density at radius 2 is 1.71 bits per heavy atom. The third-order valence-corrected chi connectivity index (χ3v) is 5.72. The number of aromatic nitrogens is 4. The third-order valence-electron chi connectivity index (χ3n) is 5.72. The predicted octanol–water partition coefficient (Wildman–Crippen LogP) is 5.54. The minimum Gasteiger partial charge on any atom is -0.465 e. The summed E-state index contributed by atoms with van der Waals surface area (Å²) >= 11 is 0. The molecule has 10 heteroatoms. The van der Waals surface area contributed by atoms with Crippen LogP contribution in [0.3, 0.4) is 0 Å². The van der Waals surface area contributed by atoms with E-state index in [4.69, 9.17) is 4.74 Å². The molecule has 0 spiro atoms. The molecule has 5 aromatic rings. The first-order chi connectivity index (χ1) is 16.8. The number of rotatable bonds is 4. The summed E-state index contributed by atoms with van der Waals surface area (Å²) in [5.41, 5.74) is 0.521. The molecule has 0 amide bonds. The van der Waals surface area contributed by atoms with Crippen LogP contribution in [-0.2, 0) is 11.2 Å². The lowest BCUT2D eigenvalue weighted by molar-refractivity contribution is 0.0603. The van der Waals surface area contributed by atoms with Gasteiger partial charge in [0.1, 0.15) is 28.5 Å². The van der Waals surface area contributed by atoms with Crippen LogP contribution < -0.4 is 0 Å². The average Bonchev–Trinajstić information content (AvgIpc) is 3.25. The van der Waals surface area contributed by atoms with E-state index in [1.165, 1.54) is 37.6 Å². The van der Waals surface area contributed by atoms with Gasteiger partial charge in [0.05, 0.1) is 29.3 Å². The minimum atomic E-state index is -1.30. The Bertz CT molecular complexity index is 1650. The molecule has 0 bridgehead atoms. The van der Waals surface area contributed by atoms with Crippen molar-refractivity contribution in [2.24, 2.45) is 0 Å². The van der Waals surface area contributed by atoms with Gasteiger partial charge in [0.15, 0.2) is 5.82 Å². The van der Waals surface area contributed by atoms with E-state index in [1.54, 1.807) is 11.5 Å². The maximum atomic E-state index is 14.9. The number of fused-ring (bicyclic) bond motifs is 2. The molecule has 6 nitrogen and oxygen atoms in total. The summed E-state index contributed by atoms with van der Waals surface area (Å²) in [5, 5.41) is -0.0901. The van der Waals surface area contributed by atoms with Gasteiger partial charge in [-0.15, -0.1) is 0 Å². The summed E-state index contributed by atoms with van der Waals surface area (Å²) in [4.78, 5) is 24.5. The lowest BCUT2D eigenvalue weighted by Crippen LogP contribution is -2.05. The number of halogens is 4. The van der Waals surface area contributed by atoms with Crippen LogP contribution in [0.15, 0.2) is 48.8 Å². The van der Waals surface area contributed by atoms with E-state index in [0.29, 0.717) is 12.2 Å². The molecule has 3 aromatic heterocycles. The Labute approximate surface area is 195 Å². The second-order valence-electron chi connectivity index (χ2n) is 7.65. The molecule has 0 saturated carbocycles. The summed E-state index contributed by atoms with van der Waals surface area (Å²) in [5.74, 6) is -4.26. The molecule has 2 aromatic carbocycles. The van der Waals surface area contributed by atoms with Crippen LogP contribution in [0.2, 0.25) is 0 Å². The van der Waals surface area contributed by atoms with Crippen LogP contribution in [0.25, 0.3) is 38.8 Å². The molecule has 0 aliphatic heterocycles. The van der Waals surface area contributed by atoms with Gasteiger partial charge in [-0.05, 0) is 42.0 Å². The number of hydrogen-bond donors (Lipinski definition) is 0. The lowest BCUT2D eigenvalue weighted by atomic mass is 10.0. The monoisotopic (exact) mass is 480 g/mol. The first-order valence-electron chi connectivity index (χ1n) is 10.5. The van der Waals surface area contributed by atoms with Gasteiger partial charge in [-0.3, -0.25) is 9.55 Å². The highest BCUT2D eigenvalue weighted by molar-refractivity contribution is 6.05. The van der Waals surface area contributed by atoms with Gasteiger partial charge in [0, 0.05) is 24.4 Å². The number of aryl methyl sites for hydroxylation is 1. The topological polar surface area (TPSA) is 69.9 Å². The molecule has 0 unspecified atom stereocenters. The van der Waals surface area contributed by atoms with Crippen molar-refractivity contribution < 1.29 is 27.1 Å². The second kappa shape index (κ2) is 8.46. The number of nitrogens with zero attached hydrogens (tertiary/aromatic N) is 4. The Balaban J connectivity index is 1.94. The van der Waals surface area contributed by atoms with E-state index in [9.17, 15) is 22.4 Å². The predicted molar refractivity (Wildman–Crippen MR) is 120 cm³/mol. The Morgan fingerprint density at radius 1 is 0.971 bits per heavy atom. The number of methoxy groups -OCH3 is 1. The van der Waals surface area contributed by atoms with Crippen LogP contribution >= 0.6 is 0 Å². The molecule has 0 N–H and O–H groups in total. The molecule has 176 valence electrons. The largest absolute Gasteiger partial charge is 0.465 e. The molecular weight excluding hydrogens is 464 g/mol. The molecule has 0 saturated heterocycles. The van der Waals surface area contributed by atoms with Crippen molar-refractivity contribution in [1.82, 2.24) is 19.5 Å². The normalized spacial score (nSPS) is 11.4. The number of carbonyl (C=O) groups excluding carboxylic acids is 1. The van der Waals surface area contributed by atoms with E-state index >= 15 is 0 Å². The van der Waals surface area contributed by atoms with Crippen molar-refractivity contribution in [2.75, 3.05) is 7.11 Å². The molecule has 3 heterocycles. The van der Waals surface area contributed by atoms with E-state index in [1.807, 2.05) is 0 Å². The summed E-state index contributed by atoms with van der Waals surface area (Å²) in [7, 11) is 1.18. The van der Waals surface area contributed by atoms with Crippen LogP contribution in [0.5, 0.6) is 0 Å². The molecular formula is C25H16F4N4O2. The third kappa shape index (κ3) is 3.49.